The molecule has 0 radical (unpaired) electrons. The van der Waals surface area contributed by atoms with Gasteiger partial charge in [-0.3, -0.25) is 4.18 Å². The summed E-state index contributed by atoms with van der Waals surface area (Å²) in [6.45, 7) is 1.58. The molecule has 0 aliphatic carbocycles. The standard InChI is InChI=1S/C15H17F3O7S/c1-9(23-8-10-6-4-3-5-7-10)11-12(13(24-11)14(19)22-2)25-26(20,21)15(16,17)18/h3-7,9,11-13H,8H2,1-2H3/t9-,11-,12-,13+/m0/s1. The van der Waals surface area contributed by atoms with Crippen molar-refractivity contribution >= 4 is 16.1 Å². The highest BCUT2D eigenvalue weighted by molar-refractivity contribution is 7.87. The first-order valence-corrected chi connectivity index (χ1v) is 8.86. The van der Waals surface area contributed by atoms with Gasteiger partial charge in [-0.15, -0.1) is 0 Å². The van der Waals surface area contributed by atoms with Gasteiger partial charge in [0.1, 0.15) is 12.2 Å². The van der Waals surface area contributed by atoms with Gasteiger partial charge >= 0.3 is 21.6 Å². The minimum absolute atomic E-state index is 0.115. The van der Waals surface area contributed by atoms with Gasteiger partial charge in [-0.2, -0.15) is 21.6 Å². The molecule has 146 valence electrons. The van der Waals surface area contributed by atoms with Crippen molar-refractivity contribution in [1.82, 2.24) is 0 Å². The highest BCUT2D eigenvalue weighted by atomic mass is 32.2. The van der Waals surface area contributed by atoms with Crippen molar-refractivity contribution in [3.05, 3.63) is 35.9 Å². The molecule has 1 heterocycles. The van der Waals surface area contributed by atoms with E-state index in [1.165, 1.54) is 6.92 Å². The van der Waals surface area contributed by atoms with Gasteiger partial charge in [0.2, 0.25) is 0 Å². The van der Waals surface area contributed by atoms with E-state index >= 15 is 0 Å². The average molecular weight is 398 g/mol. The Morgan fingerprint density at radius 3 is 2.42 bits per heavy atom. The van der Waals surface area contributed by atoms with Crippen LogP contribution in [0, 0.1) is 0 Å². The summed E-state index contributed by atoms with van der Waals surface area (Å²) in [5.41, 5.74) is -4.83. The molecule has 1 fully saturated rings. The van der Waals surface area contributed by atoms with Crippen molar-refractivity contribution in [3.8, 4) is 0 Å². The third-order valence-corrected chi connectivity index (χ3v) is 4.74. The lowest BCUT2D eigenvalue weighted by Gasteiger charge is -2.44. The second-order valence-corrected chi connectivity index (χ2v) is 7.07. The summed E-state index contributed by atoms with van der Waals surface area (Å²) in [5, 5.41) is 0. The highest BCUT2D eigenvalue weighted by Gasteiger charge is 2.58. The molecule has 11 heteroatoms. The van der Waals surface area contributed by atoms with Crippen molar-refractivity contribution in [2.75, 3.05) is 7.11 Å². The molecule has 0 aromatic heterocycles. The van der Waals surface area contributed by atoms with Crippen LogP contribution < -0.4 is 0 Å². The lowest BCUT2D eigenvalue weighted by Crippen LogP contribution is -2.64. The van der Waals surface area contributed by atoms with Crippen molar-refractivity contribution < 1.29 is 44.8 Å². The van der Waals surface area contributed by atoms with Gasteiger partial charge in [-0.1, -0.05) is 30.3 Å². The van der Waals surface area contributed by atoms with E-state index in [1.54, 1.807) is 30.3 Å². The predicted molar refractivity (Wildman–Crippen MR) is 81.2 cm³/mol. The van der Waals surface area contributed by atoms with E-state index < -0.39 is 46.0 Å². The zero-order valence-corrected chi connectivity index (χ0v) is 14.6. The number of hydrogen-bond donors (Lipinski definition) is 0. The van der Waals surface area contributed by atoms with E-state index in [-0.39, 0.29) is 6.61 Å². The monoisotopic (exact) mass is 398 g/mol. The summed E-state index contributed by atoms with van der Waals surface area (Å²) in [6.07, 6.45) is -5.34. The van der Waals surface area contributed by atoms with Crippen LogP contribution >= 0.6 is 0 Å². The average Bonchev–Trinajstić information content (AvgIpc) is 2.56. The molecule has 1 aromatic rings. The first-order valence-electron chi connectivity index (χ1n) is 7.45. The van der Waals surface area contributed by atoms with Gasteiger partial charge in [0.05, 0.1) is 19.8 Å². The number of alkyl halides is 3. The molecule has 4 atom stereocenters. The molecule has 0 amide bonds. The zero-order valence-electron chi connectivity index (χ0n) is 13.8. The second kappa shape index (κ2) is 7.91. The molecule has 0 spiro atoms. The van der Waals surface area contributed by atoms with Crippen LogP contribution in [0.5, 0.6) is 0 Å². The van der Waals surface area contributed by atoms with Crippen LogP contribution in [0.2, 0.25) is 0 Å². The molecule has 0 bridgehead atoms. The van der Waals surface area contributed by atoms with Crippen LogP contribution in [0.15, 0.2) is 30.3 Å². The molecule has 2 rings (SSSR count). The summed E-state index contributed by atoms with van der Waals surface area (Å²) < 4.78 is 79.4. The summed E-state index contributed by atoms with van der Waals surface area (Å²) in [4.78, 5) is 11.5. The van der Waals surface area contributed by atoms with E-state index in [0.29, 0.717) is 0 Å². The van der Waals surface area contributed by atoms with E-state index in [9.17, 15) is 26.4 Å². The van der Waals surface area contributed by atoms with Crippen LogP contribution in [0.4, 0.5) is 13.2 Å². The number of methoxy groups -OCH3 is 1. The first-order chi connectivity index (χ1) is 12.1. The summed E-state index contributed by atoms with van der Waals surface area (Å²) in [6, 6.07) is 8.90. The predicted octanol–water partition coefficient (Wildman–Crippen LogP) is 1.77. The van der Waals surface area contributed by atoms with Crippen molar-refractivity contribution in [2.45, 2.75) is 43.5 Å². The Morgan fingerprint density at radius 1 is 1.27 bits per heavy atom. The number of benzene rings is 1. The maximum atomic E-state index is 12.6. The van der Waals surface area contributed by atoms with E-state index in [4.69, 9.17) is 9.47 Å². The number of carbonyl (C=O) groups excluding carboxylic acids is 1. The molecule has 1 saturated heterocycles. The minimum atomic E-state index is -5.91. The van der Waals surface area contributed by atoms with E-state index in [0.717, 1.165) is 12.7 Å². The summed E-state index contributed by atoms with van der Waals surface area (Å²) >= 11 is 0. The Morgan fingerprint density at radius 2 is 1.88 bits per heavy atom. The van der Waals surface area contributed by atoms with Crippen LogP contribution in [0.1, 0.15) is 12.5 Å². The molecule has 0 unspecified atom stereocenters. The SMILES string of the molecule is COC(=O)[C@@H]1O[C@@H]([C@H](C)OCc2ccccc2)[C@@H]1OS(=O)(=O)C(F)(F)F. The van der Waals surface area contributed by atoms with Crippen LogP contribution in [0.3, 0.4) is 0 Å². The summed E-state index contributed by atoms with van der Waals surface area (Å²) in [7, 11) is -4.92. The van der Waals surface area contributed by atoms with Crippen LogP contribution in [-0.2, 0) is 39.9 Å². The van der Waals surface area contributed by atoms with Crippen LogP contribution in [0.25, 0.3) is 0 Å². The van der Waals surface area contributed by atoms with E-state index in [2.05, 4.69) is 8.92 Å². The largest absolute Gasteiger partial charge is 0.523 e. The maximum absolute atomic E-state index is 12.6. The quantitative estimate of drug-likeness (QED) is 0.393. The first kappa shape index (κ1) is 20.6. The Kier molecular flexibility index (Phi) is 6.27. The van der Waals surface area contributed by atoms with Gasteiger partial charge in [-0.25, -0.2) is 4.79 Å². The van der Waals surface area contributed by atoms with Crippen molar-refractivity contribution in [2.24, 2.45) is 0 Å². The smallest absolute Gasteiger partial charge is 0.467 e. The number of rotatable bonds is 7. The van der Waals surface area contributed by atoms with Gasteiger partial charge in [0.15, 0.2) is 6.10 Å². The number of carbonyl (C=O) groups is 1. The third kappa shape index (κ3) is 4.53. The second-order valence-electron chi connectivity index (χ2n) is 5.51. The lowest BCUT2D eigenvalue weighted by atomic mass is 9.97. The van der Waals surface area contributed by atoms with Crippen molar-refractivity contribution in [3.63, 3.8) is 0 Å². The molecule has 26 heavy (non-hydrogen) atoms. The molecule has 1 aliphatic rings. The third-order valence-electron chi connectivity index (χ3n) is 3.70. The van der Waals surface area contributed by atoms with Gasteiger partial charge in [-0.05, 0) is 12.5 Å². The number of hydrogen-bond acceptors (Lipinski definition) is 7. The Bertz CT molecular complexity index is 721. The molecule has 0 saturated carbocycles. The maximum Gasteiger partial charge on any atom is 0.523 e. The molecular weight excluding hydrogens is 381 g/mol. The molecule has 1 aliphatic heterocycles. The Hall–Kier alpha value is -1.69. The molecule has 7 nitrogen and oxygen atoms in total. The number of halogens is 3. The fourth-order valence-corrected chi connectivity index (χ4v) is 2.91. The Balaban J connectivity index is 2.07. The fourth-order valence-electron chi connectivity index (χ4n) is 2.29. The van der Waals surface area contributed by atoms with Gasteiger partial charge < -0.3 is 14.2 Å². The fraction of sp³-hybridized carbons (Fsp3) is 0.533. The molecule has 1 aromatic carbocycles. The number of ether oxygens (including phenoxy) is 3. The number of esters is 1. The normalized spacial score (nSPS) is 24.6. The minimum Gasteiger partial charge on any atom is -0.467 e. The van der Waals surface area contributed by atoms with Gasteiger partial charge in [0, 0.05) is 0 Å². The zero-order chi connectivity index (χ0) is 19.5. The highest BCUT2D eigenvalue weighted by Crippen LogP contribution is 2.35. The van der Waals surface area contributed by atoms with Crippen molar-refractivity contribution in [1.29, 1.82) is 0 Å². The molecular formula is C15H17F3O7S. The topological polar surface area (TPSA) is 88.1 Å². The van der Waals surface area contributed by atoms with Crippen LogP contribution in [-0.4, -0.2) is 51.4 Å². The molecule has 0 N–H and O–H groups in total. The lowest BCUT2D eigenvalue weighted by molar-refractivity contribution is -0.252. The van der Waals surface area contributed by atoms with Gasteiger partial charge in [0.25, 0.3) is 0 Å². The summed E-state index contributed by atoms with van der Waals surface area (Å²) in [5.74, 6) is -1.04. The Labute approximate surface area is 148 Å². The van der Waals surface area contributed by atoms with E-state index in [1.807, 2.05) is 0 Å².